The maximum atomic E-state index is 11.8. The molecule has 0 saturated carbocycles. The molecule has 3 rings (SSSR count). The summed E-state index contributed by atoms with van der Waals surface area (Å²) in [7, 11) is 0. The van der Waals surface area contributed by atoms with Crippen molar-refractivity contribution in [3.63, 3.8) is 0 Å². The number of aromatic nitrogens is 4. The normalized spacial score (nSPS) is 17.2. The molecule has 0 bridgehead atoms. The van der Waals surface area contributed by atoms with Crippen LogP contribution < -0.4 is 10.6 Å². The van der Waals surface area contributed by atoms with Crippen LogP contribution in [0, 0.1) is 6.92 Å². The van der Waals surface area contributed by atoms with Gasteiger partial charge in [0.2, 0.25) is 5.91 Å². The average molecular weight is 316 g/mol. The second-order valence-corrected chi connectivity index (χ2v) is 5.38. The topological polar surface area (TPSA) is 94.0 Å². The summed E-state index contributed by atoms with van der Waals surface area (Å²) in [5, 5.41) is 10.3. The number of nitrogens with one attached hydrogen (secondary N) is 2. The van der Waals surface area contributed by atoms with Crippen molar-refractivity contribution in [3.05, 3.63) is 30.4 Å². The van der Waals surface area contributed by atoms with E-state index in [0.717, 1.165) is 18.5 Å². The highest BCUT2D eigenvalue weighted by Gasteiger charge is 2.22. The first-order chi connectivity index (χ1) is 11.2. The van der Waals surface area contributed by atoms with Crippen molar-refractivity contribution in [2.75, 3.05) is 25.0 Å². The number of amides is 1. The number of nitrogens with zero attached hydrogens (tertiary/aromatic N) is 4. The summed E-state index contributed by atoms with van der Waals surface area (Å²) in [6.45, 7) is 3.69. The molecule has 122 valence electrons. The smallest absolute Gasteiger partial charge is 0.249 e. The van der Waals surface area contributed by atoms with Crippen LogP contribution in [0.5, 0.6) is 0 Å². The second-order valence-electron chi connectivity index (χ2n) is 5.38. The Hall–Kier alpha value is -2.48. The first-order valence-electron chi connectivity index (χ1n) is 7.70. The molecule has 1 unspecified atom stereocenters. The molecule has 0 aliphatic carbocycles. The number of hydrogen-bond donors (Lipinski definition) is 2. The monoisotopic (exact) mass is 316 g/mol. The average Bonchev–Trinajstić information content (AvgIpc) is 3.23. The van der Waals surface area contributed by atoms with Crippen LogP contribution in [0.3, 0.4) is 0 Å². The SMILES string of the molecule is Cc1ccn(-c2cc(NCCNC(=O)C3CCCO3)ncn2)n1. The Balaban J connectivity index is 1.48. The summed E-state index contributed by atoms with van der Waals surface area (Å²) in [4.78, 5) is 20.2. The van der Waals surface area contributed by atoms with E-state index in [1.807, 2.05) is 25.3 Å². The van der Waals surface area contributed by atoms with Gasteiger partial charge in [-0.1, -0.05) is 0 Å². The summed E-state index contributed by atoms with van der Waals surface area (Å²) in [6, 6.07) is 3.73. The molecule has 1 aliphatic rings. The third kappa shape index (κ3) is 4.04. The van der Waals surface area contributed by atoms with Gasteiger partial charge in [-0.3, -0.25) is 4.79 Å². The lowest BCUT2D eigenvalue weighted by Gasteiger charge is -2.11. The summed E-state index contributed by atoms with van der Waals surface area (Å²) in [5.41, 5.74) is 0.926. The molecule has 1 saturated heterocycles. The molecule has 8 nitrogen and oxygen atoms in total. The molecule has 1 amide bonds. The van der Waals surface area contributed by atoms with E-state index in [9.17, 15) is 4.79 Å². The summed E-state index contributed by atoms with van der Waals surface area (Å²) < 4.78 is 7.03. The van der Waals surface area contributed by atoms with Gasteiger partial charge < -0.3 is 15.4 Å². The highest BCUT2D eigenvalue weighted by Crippen LogP contribution is 2.11. The van der Waals surface area contributed by atoms with E-state index < -0.39 is 0 Å². The number of anilines is 1. The summed E-state index contributed by atoms with van der Waals surface area (Å²) in [5.74, 6) is 1.34. The van der Waals surface area contributed by atoms with Crippen molar-refractivity contribution in [1.29, 1.82) is 0 Å². The summed E-state index contributed by atoms with van der Waals surface area (Å²) >= 11 is 0. The molecular formula is C15H20N6O2. The third-order valence-electron chi connectivity index (χ3n) is 3.56. The Morgan fingerprint density at radius 3 is 3.09 bits per heavy atom. The highest BCUT2D eigenvalue weighted by molar-refractivity contribution is 5.80. The van der Waals surface area contributed by atoms with E-state index in [1.165, 1.54) is 6.33 Å². The lowest BCUT2D eigenvalue weighted by Crippen LogP contribution is -2.36. The van der Waals surface area contributed by atoms with Gasteiger partial charge in [0, 0.05) is 32.0 Å². The Labute approximate surface area is 134 Å². The van der Waals surface area contributed by atoms with Gasteiger partial charge in [0.15, 0.2) is 5.82 Å². The maximum absolute atomic E-state index is 11.8. The molecule has 1 fully saturated rings. The van der Waals surface area contributed by atoms with Gasteiger partial charge in [0.1, 0.15) is 18.2 Å². The van der Waals surface area contributed by atoms with Gasteiger partial charge in [0.25, 0.3) is 0 Å². The van der Waals surface area contributed by atoms with Gasteiger partial charge in [-0.2, -0.15) is 5.10 Å². The zero-order chi connectivity index (χ0) is 16.1. The van der Waals surface area contributed by atoms with Crippen LogP contribution in [0.2, 0.25) is 0 Å². The van der Waals surface area contributed by atoms with Crippen LogP contribution in [-0.4, -0.2) is 51.5 Å². The van der Waals surface area contributed by atoms with E-state index in [1.54, 1.807) is 4.68 Å². The van der Waals surface area contributed by atoms with Crippen LogP contribution in [0.15, 0.2) is 24.7 Å². The predicted molar refractivity (Wildman–Crippen MR) is 84.4 cm³/mol. The molecule has 2 N–H and O–H groups in total. The third-order valence-corrected chi connectivity index (χ3v) is 3.56. The fourth-order valence-corrected chi connectivity index (χ4v) is 2.39. The number of rotatable bonds is 6. The Morgan fingerprint density at radius 2 is 2.35 bits per heavy atom. The summed E-state index contributed by atoms with van der Waals surface area (Å²) in [6.07, 6.45) is 4.80. The lowest BCUT2D eigenvalue weighted by atomic mass is 10.2. The molecule has 1 aliphatic heterocycles. The minimum atomic E-state index is -0.288. The fraction of sp³-hybridized carbons (Fsp3) is 0.467. The van der Waals surface area contributed by atoms with E-state index in [-0.39, 0.29) is 12.0 Å². The van der Waals surface area contributed by atoms with Crippen molar-refractivity contribution in [3.8, 4) is 5.82 Å². The standard InChI is InChI=1S/C15H20N6O2/c1-11-4-7-21(20-11)14-9-13(18-10-19-14)16-5-6-17-15(22)12-3-2-8-23-12/h4,7,9-10,12H,2-3,5-6,8H2,1H3,(H,17,22)(H,16,18,19). The quantitative estimate of drug-likeness (QED) is 0.761. The Morgan fingerprint density at radius 1 is 1.43 bits per heavy atom. The number of hydrogen-bond acceptors (Lipinski definition) is 6. The molecule has 0 radical (unpaired) electrons. The molecule has 8 heteroatoms. The van der Waals surface area contributed by atoms with Crippen LogP contribution in [0.4, 0.5) is 5.82 Å². The molecule has 3 heterocycles. The Kier molecular flexibility index (Phi) is 4.82. The van der Waals surface area contributed by atoms with Crippen LogP contribution in [-0.2, 0) is 9.53 Å². The van der Waals surface area contributed by atoms with Crippen molar-refractivity contribution in [1.82, 2.24) is 25.1 Å². The Bertz CT molecular complexity index is 665. The van der Waals surface area contributed by atoms with Crippen LogP contribution >= 0.6 is 0 Å². The largest absolute Gasteiger partial charge is 0.368 e. The zero-order valence-electron chi connectivity index (χ0n) is 13.0. The fourth-order valence-electron chi connectivity index (χ4n) is 2.39. The number of carbonyl (C=O) groups is 1. The maximum Gasteiger partial charge on any atom is 0.249 e. The lowest BCUT2D eigenvalue weighted by molar-refractivity contribution is -0.129. The molecule has 2 aromatic rings. The van der Waals surface area contributed by atoms with Crippen molar-refractivity contribution >= 4 is 11.7 Å². The second kappa shape index (κ2) is 7.19. The van der Waals surface area contributed by atoms with Crippen molar-refractivity contribution in [2.45, 2.75) is 25.9 Å². The minimum absolute atomic E-state index is 0.0420. The van der Waals surface area contributed by atoms with Gasteiger partial charge >= 0.3 is 0 Å². The van der Waals surface area contributed by atoms with Gasteiger partial charge in [-0.05, 0) is 25.8 Å². The van der Waals surface area contributed by atoms with E-state index in [4.69, 9.17) is 4.74 Å². The number of ether oxygens (including phenoxy) is 1. The first-order valence-corrected chi connectivity index (χ1v) is 7.70. The van der Waals surface area contributed by atoms with Gasteiger partial charge in [0.05, 0.1) is 5.69 Å². The molecule has 0 aromatic carbocycles. The van der Waals surface area contributed by atoms with Gasteiger partial charge in [-0.25, -0.2) is 14.6 Å². The molecule has 23 heavy (non-hydrogen) atoms. The van der Waals surface area contributed by atoms with Crippen LogP contribution in [0.1, 0.15) is 18.5 Å². The molecular weight excluding hydrogens is 296 g/mol. The minimum Gasteiger partial charge on any atom is -0.368 e. The number of aryl methyl sites for hydroxylation is 1. The first kappa shape index (κ1) is 15.4. The van der Waals surface area contributed by atoms with Crippen LogP contribution in [0.25, 0.3) is 5.82 Å². The van der Waals surface area contributed by atoms with Crippen molar-refractivity contribution < 1.29 is 9.53 Å². The number of carbonyl (C=O) groups excluding carboxylic acids is 1. The zero-order valence-corrected chi connectivity index (χ0v) is 13.0. The van der Waals surface area contributed by atoms with Crippen molar-refractivity contribution in [2.24, 2.45) is 0 Å². The molecule has 2 aromatic heterocycles. The van der Waals surface area contributed by atoms with E-state index in [0.29, 0.717) is 31.3 Å². The predicted octanol–water partition coefficient (Wildman–Crippen LogP) is 0.678. The van der Waals surface area contributed by atoms with Gasteiger partial charge in [-0.15, -0.1) is 0 Å². The molecule has 1 atom stereocenters. The van der Waals surface area contributed by atoms with E-state index >= 15 is 0 Å². The molecule has 0 spiro atoms. The highest BCUT2D eigenvalue weighted by atomic mass is 16.5. The van der Waals surface area contributed by atoms with E-state index in [2.05, 4.69) is 25.7 Å².